The molecule has 0 aromatic heterocycles. The molecule has 7 heteroatoms. The summed E-state index contributed by atoms with van der Waals surface area (Å²) in [5.41, 5.74) is 1.65. The molecule has 2 aromatic rings. The molecule has 0 aliphatic heterocycles. The molecule has 2 aromatic carbocycles. The molecule has 32 heavy (non-hydrogen) atoms. The van der Waals surface area contributed by atoms with E-state index in [1.807, 2.05) is 6.07 Å². The largest absolute Gasteiger partial charge is 0.493 e. The maximum Gasteiger partial charge on any atom is 0.257 e. The van der Waals surface area contributed by atoms with E-state index in [2.05, 4.69) is 29.8 Å². The van der Waals surface area contributed by atoms with Gasteiger partial charge in [-0.25, -0.2) is 0 Å². The monoisotopic (exact) mass is 453 g/mol. The van der Waals surface area contributed by atoms with Gasteiger partial charge in [0.15, 0.2) is 5.11 Å². The Morgan fingerprint density at radius 1 is 1.00 bits per heavy atom. The second-order valence-corrected chi connectivity index (χ2v) is 8.94. The lowest BCUT2D eigenvalue weighted by molar-refractivity contribution is 0.0926. The molecule has 0 radical (unpaired) electrons. The molecule has 2 amide bonds. The van der Waals surface area contributed by atoms with Gasteiger partial charge in [0, 0.05) is 22.9 Å². The van der Waals surface area contributed by atoms with Crippen molar-refractivity contribution in [3.05, 3.63) is 59.7 Å². The third-order valence-corrected chi connectivity index (χ3v) is 5.43. The molecule has 6 nitrogen and oxygen atoms in total. The molecule has 0 heterocycles. The third kappa shape index (κ3) is 7.34. The highest BCUT2D eigenvalue weighted by Gasteiger charge is 2.17. The van der Waals surface area contributed by atoms with Crippen LogP contribution in [0.5, 0.6) is 5.75 Å². The molecule has 3 rings (SSSR count). The number of benzene rings is 2. The van der Waals surface area contributed by atoms with E-state index in [-0.39, 0.29) is 23.0 Å². The Hall–Kier alpha value is -2.93. The lowest BCUT2D eigenvalue weighted by Crippen LogP contribution is -2.36. The molecule has 1 aliphatic carbocycles. The first-order valence-corrected chi connectivity index (χ1v) is 11.6. The summed E-state index contributed by atoms with van der Waals surface area (Å²) in [7, 11) is 0. The van der Waals surface area contributed by atoms with Gasteiger partial charge < -0.3 is 15.4 Å². The Kier molecular flexibility index (Phi) is 8.62. The zero-order valence-electron chi connectivity index (χ0n) is 18.6. The van der Waals surface area contributed by atoms with Gasteiger partial charge in [0.2, 0.25) is 0 Å². The Morgan fingerprint density at radius 2 is 1.69 bits per heavy atom. The number of carbonyl (C=O) groups excluding carboxylic acids is 2. The standard InChI is InChI=1S/C25H31N3O3S/c1-17(2)16-31-22-13-7-9-19(15-22)24(30)28-25(32)27-21-12-6-8-18(14-21)23(29)26-20-10-4-3-5-11-20/h6-9,12-15,17,20H,3-5,10-11,16H2,1-2H3,(H,26,29)(H2,27,28,30,32). The van der Waals surface area contributed by atoms with Crippen molar-refractivity contribution in [2.24, 2.45) is 5.92 Å². The average Bonchev–Trinajstić information content (AvgIpc) is 2.78. The van der Waals surface area contributed by atoms with Crippen molar-refractivity contribution in [3.63, 3.8) is 0 Å². The molecule has 0 spiro atoms. The van der Waals surface area contributed by atoms with Gasteiger partial charge >= 0.3 is 0 Å². The maximum atomic E-state index is 12.6. The predicted molar refractivity (Wildman–Crippen MR) is 131 cm³/mol. The normalized spacial score (nSPS) is 14.0. The van der Waals surface area contributed by atoms with Crippen LogP contribution in [-0.2, 0) is 0 Å². The SMILES string of the molecule is CC(C)COc1cccc(C(=O)NC(=S)Nc2cccc(C(=O)NC3CCCCC3)c2)c1. The molecule has 1 fully saturated rings. The molecule has 1 aliphatic rings. The fourth-order valence-corrected chi connectivity index (χ4v) is 3.79. The van der Waals surface area contributed by atoms with E-state index in [0.29, 0.717) is 35.1 Å². The summed E-state index contributed by atoms with van der Waals surface area (Å²) in [5, 5.41) is 8.93. The van der Waals surface area contributed by atoms with Crippen LogP contribution in [0.25, 0.3) is 0 Å². The van der Waals surface area contributed by atoms with Crippen molar-refractivity contribution in [2.75, 3.05) is 11.9 Å². The molecular weight excluding hydrogens is 422 g/mol. The van der Waals surface area contributed by atoms with Crippen molar-refractivity contribution < 1.29 is 14.3 Å². The molecule has 0 atom stereocenters. The first-order valence-electron chi connectivity index (χ1n) is 11.2. The topological polar surface area (TPSA) is 79.5 Å². The van der Waals surface area contributed by atoms with E-state index in [9.17, 15) is 9.59 Å². The van der Waals surface area contributed by atoms with Gasteiger partial charge in [-0.2, -0.15) is 0 Å². The quantitative estimate of drug-likeness (QED) is 0.519. The van der Waals surface area contributed by atoms with Gasteiger partial charge in [0.25, 0.3) is 11.8 Å². The number of carbonyl (C=O) groups is 2. The Bertz CT molecular complexity index is 955. The average molecular weight is 454 g/mol. The molecular formula is C25H31N3O3S. The van der Waals surface area contributed by atoms with Crippen LogP contribution >= 0.6 is 12.2 Å². The van der Waals surface area contributed by atoms with Crippen molar-refractivity contribution >= 4 is 34.8 Å². The molecule has 170 valence electrons. The number of nitrogens with one attached hydrogen (secondary N) is 3. The second-order valence-electron chi connectivity index (χ2n) is 8.53. The highest BCUT2D eigenvalue weighted by molar-refractivity contribution is 7.80. The minimum absolute atomic E-state index is 0.0892. The van der Waals surface area contributed by atoms with Crippen LogP contribution in [0.2, 0.25) is 0 Å². The second kappa shape index (κ2) is 11.6. The smallest absolute Gasteiger partial charge is 0.257 e. The summed E-state index contributed by atoms with van der Waals surface area (Å²) >= 11 is 5.30. The summed E-state index contributed by atoms with van der Waals surface area (Å²) in [6.07, 6.45) is 5.62. The Balaban J connectivity index is 1.55. The summed E-state index contributed by atoms with van der Waals surface area (Å²) in [4.78, 5) is 25.2. The number of hydrogen-bond donors (Lipinski definition) is 3. The van der Waals surface area contributed by atoms with Crippen LogP contribution in [0.15, 0.2) is 48.5 Å². The van der Waals surface area contributed by atoms with Crippen molar-refractivity contribution in [1.29, 1.82) is 0 Å². The van der Waals surface area contributed by atoms with E-state index in [0.717, 1.165) is 25.7 Å². The first kappa shape index (κ1) is 23.7. The van der Waals surface area contributed by atoms with Crippen molar-refractivity contribution in [2.45, 2.75) is 52.0 Å². The first-order chi connectivity index (χ1) is 15.4. The summed E-state index contributed by atoms with van der Waals surface area (Å²) in [6, 6.07) is 14.3. The van der Waals surface area contributed by atoms with Crippen molar-refractivity contribution in [1.82, 2.24) is 10.6 Å². The molecule has 1 saturated carbocycles. The molecule has 3 N–H and O–H groups in total. The van der Waals surface area contributed by atoms with Gasteiger partial charge in [-0.3, -0.25) is 14.9 Å². The van der Waals surface area contributed by atoms with Gasteiger partial charge in [-0.1, -0.05) is 45.2 Å². The van der Waals surface area contributed by atoms with E-state index in [1.165, 1.54) is 6.42 Å². The Labute approximate surface area is 195 Å². The van der Waals surface area contributed by atoms with Gasteiger partial charge in [0.1, 0.15) is 5.75 Å². The van der Waals surface area contributed by atoms with Crippen LogP contribution < -0.4 is 20.7 Å². The van der Waals surface area contributed by atoms with Crippen LogP contribution in [0, 0.1) is 5.92 Å². The number of hydrogen-bond acceptors (Lipinski definition) is 4. The lowest BCUT2D eigenvalue weighted by Gasteiger charge is -2.22. The Morgan fingerprint density at radius 3 is 2.41 bits per heavy atom. The van der Waals surface area contributed by atoms with E-state index >= 15 is 0 Å². The van der Waals surface area contributed by atoms with Gasteiger partial charge in [0.05, 0.1) is 6.61 Å². The van der Waals surface area contributed by atoms with Gasteiger partial charge in [-0.15, -0.1) is 0 Å². The maximum absolute atomic E-state index is 12.6. The third-order valence-electron chi connectivity index (χ3n) is 5.23. The number of thiocarbonyl (C=S) groups is 1. The lowest BCUT2D eigenvalue weighted by atomic mass is 9.95. The zero-order valence-corrected chi connectivity index (χ0v) is 19.5. The number of rotatable bonds is 7. The fourth-order valence-electron chi connectivity index (χ4n) is 3.58. The summed E-state index contributed by atoms with van der Waals surface area (Å²) < 4.78 is 5.68. The molecule has 0 unspecified atom stereocenters. The van der Waals surface area contributed by atoms with Crippen LogP contribution in [0.1, 0.15) is 66.7 Å². The highest BCUT2D eigenvalue weighted by atomic mass is 32.1. The number of amides is 2. The van der Waals surface area contributed by atoms with Crippen LogP contribution in [0.3, 0.4) is 0 Å². The number of ether oxygens (including phenoxy) is 1. The summed E-state index contributed by atoms with van der Waals surface area (Å²) in [6.45, 7) is 4.71. The van der Waals surface area contributed by atoms with Gasteiger partial charge in [-0.05, 0) is 67.4 Å². The number of anilines is 1. The fraction of sp³-hybridized carbons (Fsp3) is 0.400. The molecule has 0 saturated heterocycles. The summed E-state index contributed by atoms with van der Waals surface area (Å²) in [5.74, 6) is 0.615. The van der Waals surface area contributed by atoms with E-state index in [1.54, 1.807) is 42.5 Å². The molecule has 0 bridgehead atoms. The van der Waals surface area contributed by atoms with Crippen LogP contribution in [0.4, 0.5) is 5.69 Å². The zero-order chi connectivity index (χ0) is 22.9. The van der Waals surface area contributed by atoms with E-state index in [4.69, 9.17) is 17.0 Å². The predicted octanol–water partition coefficient (Wildman–Crippen LogP) is 4.91. The highest BCUT2D eigenvalue weighted by Crippen LogP contribution is 2.19. The minimum atomic E-state index is -0.330. The van der Waals surface area contributed by atoms with Crippen LogP contribution in [-0.4, -0.2) is 29.6 Å². The minimum Gasteiger partial charge on any atom is -0.493 e. The van der Waals surface area contributed by atoms with E-state index < -0.39 is 0 Å². The van der Waals surface area contributed by atoms with Crippen molar-refractivity contribution in [3.8, 4) is 5.75 Å².